The Balaban J connectivity index is 1.80. The number of amides is 2. The first-order valence-corrected chi connectivity index (χ1v) is 6.30. The van der Waals surface area contributed by atoms with E-state index < -0.39 is 0 Å². The second kappa shape index (κ2) is 3.83. The van der Waals surface area contributed by atoms with Gasteiger partial charge in [-0.15, -0.1) is 0 Å². The van der Waals surface area contributed by atoms with Gasteiger partial charge in [0.05, 0.1) is 0 Å². The van der Waals surface area contributed by atoms with Gasteiger partial charge in [0.1, 0.15) is 0 Å². The minimum absolute atomic E-state index is 0.0241. The summed E-state index contributed by atoms with van der Waals surface area (Å²) in [5, 5.41) is 0. The molecule has 18 heavy (non-hydrogen) atoms. The molecule has 2 aliphatic heterocycles. The molecule has 0 aromatic heterocycles. The number of hydrogen-bond acceptors (Lipinski definition) is 2. The number of nitrogens with zero attached hydrogens (tertiary/aromatic N) is 2. The summed E-state index contributed by atoms with van der Waals surface area (Å²) in [4.78, 5) is 27.7. The molecule has 2 heterocycles. The molecule has 0 aliphatic carbocycles. The lowest BCUT2D eigenvalue weighted by Gasteiger charge is -2.06. The van der Waals surface area contributed by atoms with Crippen molar-refractivity contribution in [2.75, 3.05) is 13.1 Å². The van der Waals surface area contributed by atoms with E-state index in [1.807, 2.05) is 13.8 Å². The monoisotopic (exact) mass is 244 g/mol. The average Bonchev–Trinajstić information content (AvgIpc) is 3.27. The minimum Gasteiger partial charge on any atom is -0.332 e. The predicted molar refractivity (Wildman–Crippen MR) is 67.4 cm³/mol. The number of hydrogen-bond donors (Lipinski definition) is 0. The van der Waals surface area contributed by atoms with E-state index in [-0.39, 0.29) is 11.8 Å². The van der Waals surface area contributed by atoms with E-state index in [1.165, 1.54) is 0 Å². The zero-order valence-corrected chi connectivity index (χ0v) is 10.6. The van der Waals surface area contributed by atoms with Gasteiger partial charge < -0.3 is 9.80 Å². The summed E-state index contributed by atoms with van der Waals surface area (Å²) in [5.41, 5.74) is 1.22. The summed E-state index contributed by atoms with van der Waals surface area (Å²) < 4.78 is 0. The van der Waals surface area contributed by atoms with E-state index in [2.05, 4.69) is 0 Å². The molecule has 0 spiro atoms. The van der Waals surface area contributed by atoms with Crippen molar-refractivity contribution in [3.63, 3.8) is 0 Å². The largest absolute Gasteiger partial charge is 0.332 e. The van der Waals surface area contributed by atoms with Gasteiger partial charge in [-0.3, -0.25) is 9.59 Å². The Morgan fingerprint density at radius 1 is 1.00 bits per heavy atom. The van der Waals surface area contributed by atoms with Crippen LogP contribution in [0.15, 0.2) is 24.3 Å². The van der Waals surface area contributed by atoms with Gasteiger partial charge in [-0.25, -0.2) is 0 Å². The van der Waals surface area contributed by atoms with Crippen molar-refractivity contribution in [2.45, 2.75) is 25.9 Å². The topological polar surface area (TPSA) is 40.2 Å². The number of carbonyl (C=O) groups is 2. The molecular formula is C14H16N2O2. The fourth-order valence-corrected chi connectivity index (χ4v) is 2.16. The highest BCUT2D eigenvalue weighted by Gasteiger charge is 2.36. The fourth-order valence-electron chi connectivity index (χ4n) is 2.16. The number of benzene rings is 1. The molecule has 2 atom stereocenters. The molecule has 0 unspecified atom stereocenters. The van der Waals surface area contributed by atoms with Crippen molar-refractivity contribution in [3.8, 4) is 0 Å². The van der Waals surface area contributed by atoms with Crippen molar-refractivity contribution < 1.29 is 9.59 Å². The van der Waals surface area contributed by atoms with Crippen LogP contribution >= 0.6 is 0 Å². The van der Waals surface area contributed by atoms with Gasteiger partial charge in [0.25, 0.3) is 11.8 Å². The van der Waals surface area contributed by atoms with Crippen LogP contribution in [0.25, 0.3) is 0 Å². The molecule has 2 saturated heterocycles. The third kappa shape index (κ3) is 1.88. The Hall–Kier alpha value is -1.84. The molecule has 0 N–H and O–H groups in total. The van der Waals surface area contributed by atoms with E-state index in [0.29, 0.717) is 23.2 Å². The van der Waals surface area contributed by atoms with Crippen LogP contribution in [0, 0.1) is 0 Å². The van der Waals surface area contributed by atoms with E-state index in [0.717, 1.165) is 13.1 Å². The van der Waals surface area contributed by atoms with Gasteiger partial charge >= 0.3 is 0 Å². The quantitative estimate of drug-likeness (QED) is 0.737. The summed E-state index contributed by atoms with van der Waals surface area (Å²) in [6.45, 7) is 5.68. The highest BCUT2D eigenvalue weighted by Crippen LogP contribution is 2.23. The van der Waals surface area contributed by atoms with Gasteiger partial charge in [0.2, 0.25) is 0 Å². The molecule has 4 heteroatoms. The van der Waals surface area contributed by atoms with Gasteiger partial charge in [-0.1, -0.05) is 6.07 Å². The maximum absolute atomic E-state index is 12.0. The van der Waals surface area contributed by atoms with Crippen LogP contribution < -0.4 is 0 Å². The molecule has 2 aliphatic rings. The Morgan fingerprint density at radius 3 is 1.72 bits per heavy atom. The Morgan fingerprint density at radius 2 is 1.39 bits per heavy atom. The standard InChI is InChI=1S/C14H16N2O2/c1-9-7-15(9)13(17)11-4-3-5-12(6-11)14(18)16-8-10(16)2/h3-6,9-10H,7-8H2,1-2H3/t9-,10-,15?,16?/m1/s1. The lowest BCUT2D eigenvalue weighted by Crippen LogP contribution is -2.16. The zero-order chi connectivity index (χ0) is 12.9. The third-order valence-corrected chi connectivity index (χ3v) is 3.60. The van der Waals surface area contributed by atoms with E-state index >= 15 is 0 Å². The van der Waals surface area contributed by atoms with Crippen LogP contribution in [0.2, 0.25) is 0 Å². The van der Waals surface area contributed by atoms with Crippen molar-refractivity contribution in [3.05, 3.63) is 35.4 Å². The Kier molecular flexibility index (Phi) is 2.40. The van der Waals surface area contributed by atoms with E-state index in [4.69, 9.17) is 0 Å². The zero-order valence-electron chi connectivity index (χ0n) is 10.6. The molecule has 3 rings (SSSR count). The highest BCUT2D eigenvalue weighted by molar-refractivity contribution is 6.01. The first-order chi connectivity index (χ1) is 8.58. The maximum atomic E-state index is 12.0. The molecular weight excluding hydrogens is 228 g/mol. The summed E-state index contributed by atoms with van der Waals surface area (Å²) >= 11 is 0. The molecule has 2 fully saturated rings. The van der Waals surface area contributed by atoms with Crippen LogP contribution in [-0.4, -0.2) is 46.8 Å². The van der Waals surface area contributed by atoms with E-state index in [1.54, 1.807) is 34.1 Å². The number of rotatable bonds is 2. The van der Waals surface area contributed by atoms with Gasteiger partial charge in [-0.05, 0) is 32.0 Å². The van der Waals surface area contributed by atoms with Crippen molar-refractivity contribution in [1.82, 2.24) is 9.80 Å². The highest BCUT2D eigenvalue weighted by atomic mass is 16.2. The van der Waals surface area contributed by atoms with Gasteiger partial charge in [0.15, 0.2) is 0 Å². The summed E-state index contributed by atoms with van der Waals surface area (Å²) in [5.74, 6) is 0.0481. The Labute approximate surface area is 106 Å². The van der Waals surface area contributed by atoms with Crippen molar-refractivity contribution in [1.29, 1.82) is 0 Å². The third-order valence-electron chi connectivity index (χ3n) is 3.60. The summed E-state index contributed by atoms with van der Waals surface area (Å²) in [6, 6.07) is 7.71. The van der Waals surface area contributed by atoms with Crippen LogP contribution in [0.3, 0.4) is 0 Å². The second-order valence-electron chi connectivity index (χ2n) is 5.19. The number of carbonyl (C=O) groups excluding carboxylic acids is 2. The fraction of sp³-hybridized carbons (Fsp3) is 0.429. The summed E-state index contributed by atoms with van der Waals surface area (Å²) in [6.07, 6.45) is 0. The van der Waals surface area contributed by atoms with Crippen LogP contribution in [-0.2, 0) is 0 Å². The minimum atomic E-state index is 0.0241. The van der Waals surface area contributed by atoms with Crippen LogP contribution in [0.5, 0.6) is 0 Å². The molecule has 94 valence electrons. The van der Waals surface area contributed by atoms with Gasteiger partial charge in [-0.2, -0.15) is 0 Å². The molecule has 2 amide bonds. The maximum Gasteiger partial charge on any atom is 0.254 e. The smallest absolute Gasteiger partial charge is 0.254 e. The molecule has 1 aromatic rings. The normalized spacial score (nSPS) is 25.0. The van der Waals surface area contributed by atoms with Crippen LogP contribution in [0.4, 0.5) is 0 Å². The van der Waals surface area contributed by atoms with Crippen molar-refractivity contribution in [2.24, 2.45) is 0 Å². The first kappa shape index (κ1) is 11.3. The SMILES string of the molecule is C[C@@H]1CN1C(=O)c1cccc(C(=O)N2C[C@H]2C)c1. The van der Waals surface area contributed by atoms with Crippen molar-refractivity contribution >= 4 is 11.8 Å². The molecule has 0 radical (unpaired) electrons. The average molecular weight is 244 g/mol. The van der Waals surface area contributed by atoms with Crippen LogP contribution in [0.1, 0.15) is 34.6 Å². The summed E-state index contributed by atoms with van der Waals surface area (Å²) in [7, 11) is 0. The molecule has 0 bridgehead atoms. The second-order valence-corrected chi connectivity index (χ2v) is 5.19. The van der Waals surface area contributed by atoms with E-state index in [9.17, 15) is 9.59 Å². The molecule has 1 aromatic carbocycles. The lowest BCUT2D eigenvalue weighted by atomic mass is 10.1. The predicted octanol–water partition coefficient (Wildman–Crippen LogP) is 1.38. The van der Waals surface area contributed by atoms with Gasteiger partial charge in [0, 0.05) is 36.3 Å². The first-order valence-electron chi connectivity index (χ1n) is 6.30. The molecule has 0 saturated carbocycles. The lowest BCUT2D eigenvalue weighted by molar-refractivity contribution is 0.0876. The Bertz CT molecular complexity index is 483. The molecule has 4 nitrogen and oxygen atoms in total.